The number of aliphatic hydroxyl groups excluding tert-OH is 2. The molecule has 0 unspecified atom stereocenters. The molecule has 0 aromatic heterocycles. The minimum atomic E-state index is -0.667. The van der Waals surface area contributed by atoms with Gasteiger partial charge in [-0.1, -0.05) is 44.8 Å². The monoisotopic (exact) mass is 350 g/mol. The Morgan fingerprint density at radius 2 is 2.04 bits per heavy atom. The van der Waals surface area contributed by atoms with Gasteiger partial charge in [-0.2, -0.15) is 0 Å². The van der Waals surface area contributed by atoms with Crippen molar-refractivity contribution < 1.29 is 19.7 Å². The fourth-order valence-corrected chi connectivity index (χ4v) is 5.00. The highest BCUT2D eigenvalue weighted by atomic mass is 16.5. The van der Waals surface area contributed by atoms with Crippen LogP contribution < -0.4 is 0 Å². The summed E-state index contributed by atoms with van der Waals surface area (Å²) in [7, 11) is 0. The van der Waals surface area contributed by atoms with Gasteiger partial charge in [-0.15, -0.1) is 0 Å². The molecule has 25 heavy (non-hydrogen) atoms. The van der Waals surface area contributed by atoms with Crippen LogP contribution in [0.15, 0.2) is 12.2 Å². The first-order valence-corrected chi connectivity index (χ1v) is 10.3. The van der Waals surface area contributed by atoms with Crippen molar-refractivity contribution in [3.63, 3.8) is 0 Å². The third-order valence-corrected chi connectivity index (χ3v) is 6.72. The molecule has 0 aromatic rings. The van der Waals surface area contributed by atoms with Gasteiger partial charge >= 0.3 is 0 Å². The van der Waals surface area contributed by atoms with Crippen molar-refractivity contribution in [3.8, 4) is 0 Å². The lowest BCUT2D eigenvalue weighted by Gasteiger charge is -2.54. The summed E-state index contributed by atoms with van der Waals surface area (Å²) in [6, 6.07) is 0. The van der Waals surface area contributed by atoms with Crippen molar-refractivity contribution in [2.24, 2.45) is 17.8 Å². The molecule has 4 heteroatoms. The average Bonchev–Trinajstić information content (AvgIpc) is 2.63. The molecule has 0 heterocycles. The molecule has 3 aliphatic carbocycles. The van der Waals surface area contributed by atoms with E-state index in [1.165, 1.54) is 19.3 Å². The first-order chi connectivity index (χ1) is 12.1. The summed E-state index contributed by atoms with van der Waals surface area (Å²) in [4.78, 5) is 12.3. The van der Waals surface area contributed by atoms with E-state index in [9.17, 15) is 15.0 Å². The zero-order valence-corrected chi connectivity index (χ0v) is 15.5. The summed E-state index contributed by atoms with van der Waals surface area (Å²) in [6.45, 7) is 2.74. The predicted molar refractivity (Wildman–Crippen MR) is 97.2 cm³/mol. The molecular formula is C21H34O4. The topological polar surface area (TPSA) is 66.8 Å². The second-order valence-corrected chi connectivity index (χ2v) is 8.28. The molecule has 0 saturated heterocycles. The van der Waals surface area contributed by atoms with E-state index in [1.54, 1.807) is 0 Å². The van der Waals surface area contributed by atoms with Gasteiger partial charge in [0.25, 0.3) is 0 Å². The maximum Gasteiger partial charge on any atom is 0.165 e. The van der Waals surface area contributed by atoms with Crippen molar-refractivity contribution in [1.29, 1.82) is 0 Å². The smallest absolute Gasteiger partial charge is 0.165 e. The normalized spacial score (nSPS) is 37.7. The van der Waals surface area contributed by atoms with Crippen LogP contribution in [0, 0.1) is 17.8 Å². The van der Waals surface area contributed by atoms with E-state index in [0.29, 0.717) is 31.8 Å². The van der Waals surface area contributed by atoms with E-state index in [2.05, 4.69) is 6.92 Å². The van der Waals surface area contributed by atoms with Crippen molar-refractivity contribution in [2.45, 2.75) is 88.9 Å². The summed E-state index contributed by atoms with van der Waals surface area (Å²) >= 11 is 0. The Morgan fingerprint density at radius 1 is 1.28 bits per heavy atom. The Kier molecular flexibility index (Phi) is 6.35. The van der Waals surface area contributed by atoms with E-state index < -0.39 is 17.8 Å². The second-order valence-electron chi connectivity index (χ2n) is 8.28. The van der Waals surface area contributed by atoms with Gasteiger partial charge < -0.3 is 14.9 Å². The van der Waals surface area contributed by atoms with Crippen LogP contribution in [-0.2, 0) is 9.53 Å². The molecule has 5 atom stereocenters. The molecule has 0 spiro atoms. The van der Waals surface area contributed by atoms with Gasteiger partial charge in [-0.3, -0.25) is 4.79 Å². The summed E-state index contributed by atoms with van der Waals surface area (Å²) in [5, 5.41) is 21.0. The first kappa shape index (κ1) is 19.1. The van der Waals surface area contributed by atoms with Crippen molar-refractivity contribution >= 4 is 5.78 Å². The Morgan fingerprint density at radius 3 is 2.72 bits per heavy atom. The molecule has 3 fully saturated rings. The minimum Gasteiger partial charge on any atom is -0.393 e. The molecule has 0 bridgehead atoms. The number of fused-ring (bicyclic) bond motifs is 1. The van der Waals surface area contributed by atoms with Crippen LogP contribution in [-0.4, -0.2) is 40.4 Å². The number of unbranched alkanes of at least 4 members (excludes halogenated alkanes) is 1. The maximum atomic E-state index is 12.3. The summed E-state index contributed by atoms with van der Waals surface area (Å²) < 4.78 is 6.07. The summed E-state index contributed by atoms with van der Waals surface area (Å²) in [6.07, 6.45) is 12.6. The number of carbonyl (C=O) groups is 1. The van der Waals surface area contributed by atoms with Gasteiger partial charge in [0.05, 0.1) is 12.2 Å². The van der Waals surface area contributed by atoms with Crippen LogP contribution in [0.25, 0.3) is 0 Å². The maximum absolute atomic E-state index is 12.3. The number of hydrogen-bond acceptors (Lipinski definition) is 4. The summed E-state index contributed by atoms with van der Waals surface area (Å²) in [5.41, 5.74) is -0.667. The van der Waals surface area contributed by atoms with E-state index in [-0.39, 0.29) is 17.6 Å². The van der Waals surface area contributed by atoms with Gasteiger partial charge in [-0.05, 0) is 38.0 Å². The Bertz CT molecular complexity index is 482. The lowest BCUT2D eigenvalue weighted by Crippen LogP contribution is -2.65. The fraction of sp³-hybridized carbons (Fsp3) is 0.857. The van der Waals surface area contributed by atoms with E-state index in [1.807, 2.05) is 12.2 Å². The molecule has 0 amide bonds. The predicted octanol–water partition coefficient (Wildman–Crippen LogP) is 3.40. The second kappa shape index (κ2) is 8.32. The number of Topliss-reactive ketones (excluding diaryl/α,β-unsaturated/α-hetero) is 1. The Balaban J connectivity index is 1.65. The number of hydrogen-bond donors (Lipinski definition) is 2. The summed E-state index contributed by atoms with van der Waals surface area (Å²) in [5.74, 6) is 0.535. The zero-order valence-electron chi connectivity index (χ0n) is 15.5. The zero-order chi connectivity index (χ0) is 17.9. The van der Waals surface area contributed by atoms with Crippen LogP contribution >= 0.6 is 0 Å². The highest BCUT2D eigenvalue weighted by Gasteiger charge is 2.61. The van der Waals surface area contributed by atoms with Crippen molar-refractivity contribution in [3.05, 3.63) is 12.2 Å². The number of aliphatic hydroxyl groups is 2. The van der Waals surface area contributed by atoms with Crippen LogP contribution in [0.5, 0.6) is 0 Å². The fourth-order valence-electron chi connectivity index (χ4n) is 5.00. The molecule has 142 valence electrons. The largest absolute Gasteiger partial charge is 0.393 e. The number of ether oxygens (including phenoxy) is 1. The van der Waals surface area contributed by atoms with Crippen LogP contribution in [0.4, 0.5) is 0 Å². The van der Waals surface area contributed by atoms with E-state index >= 15 is 0 Å². The van der Waals surface area contributed by atoms with Crippen LogP contribution in [0.2, 0.25) is 0 Å². The minimum absolute atomic E-state index is 0.0652. The Labute approximate surface area is 151 Å². The highest BCUT2D eigenvalue weighted by molar-refractivity contribution is 5.94. The molecule has 0 aromatic carbocycles. The number of rotatable bonds is 7. The standard InChI is InChI=1S/C21H34O4/c1-2-3-13-25-21-12-11-19(23)16(17(21)14-20(21)24)9-10-18(22)15-7-5-4-6-8-15/h9-10,15-19,22-23H,2-8,11-14H2,1H3/t16-,17-,18-,19-,21-/m1/s1. The van der Waals surface area contributed by atoms with Crippen LogP contribution in [0.3, 0.4) is 0 Å². The van der Waals surface area contributed by atoms with Crippen molar-refractivity contribution in [1.82, 2.24) is 0 Å². The third kappa shape index (κ3) is 3.86. The lowest BCUT2D eigenvalue weighted by atomic mass is 9.55. The Hall–Kier alpha value is -0.710. The van der Waals surface area contributed by atoms with Gasteiger partial charge in [0.2, 0.25) is 0 Å². The van der Waals surface area contributed by atoms with Crippen LogP contribution in [0.1, 0.15) is 71.1 Å². The molecular weight excluding hydrogens is 316 g/mol. The first-order valence-electron chi connectivity index (χ1n) is 10.3. The van der Waals surface area contributed by atoms with Gasteiger partial charge in [0, 0.05) is 24.9 Å². The van der Waals surface area contributed by atoms with Crippen molar-refractivity contribution in [2.75, 3.05) is 6.61 Å². The molecule has 3 rings (SSSR count). The highest BCUT2D eigenvalue weighted by Crippen LogP contribution is 2.52. The number of carbonyl (C=O) groups excluding carboxylic acids is 1. The average molecular weight is 350 g/mol. The molecule has 3 aliphatic rings. The van der Waals surface area contributed by atoms with Gasteiger partial charge in [0.15, 0.2) is 5.78 Å². The molecule has 3 saturated carbocycles. The number of ketones is 1. The molecule has 0 radical (unpaired) electrons. The van der Waals surface area contributed by atoms with E-state index in [4.69, 9.17) is 4.74 Å². The van der Waals surface area contributed by atoms with Gasteiger partial charge in [0.1, 0.15) is 5.60 Å². The molecule has 2 N–H and O–H groups in total. The SMILES string of the molecule is CCCCO[C@]12CC[C@@H](O)[C@H](C=C[C@@H](O)C3CCCCC3)[C@H]1CC2=O. The lowest BCUT2D eigenvalue weighted by molar-refractivity contribution is -0.199. The third-order valence-electron chi connectivity index (χ3n) is 6.72. The molecule has 0 aliphatic heterocycles. The van der Waals surface area contributed by atoms with Gasteiger partial charge in [-0.25, -0.2) is 0 Å². The van der Waals surface area contributed by atoms with E-state index in [0.717, 1.165) is 25.7 Å². The molecule has 4 nitrogen and oxygen atoms in total. The quantitative estimate of drug-likeness (QED) is 0.545.